The molecule has 7 heteroatoms. The van der Waals surface area contributed by atoms with E-state index in [1.54, 1.807) is 30.7 Å². The Labute approximate surface area is 145 Å². The highest BCUT2D eigenvalue weighted by Gasteiger charge is 2.20. The molecule has 130 valence electrons. The molecule has 0 unspecified atom stereocenters. The Bertz CT molecular complexity index is 849. The van der Waals surface area contributed by atoms with E-state index in [0.29, 0.717) is 17.8 Å². The van der Waals surface area contributed by atoms with Crippen LogP contribution in [0.3, 0.4) is 0 Å². The number of rotatable bonds is 6. The lowest BCUT2D eigenvalue weighted by molar-refractivity contribution is 0.263. The van der Waals surface area contributed by atoms with Crippen LogP contribution in [0.2, 0.25) is 0 Å². The van der Waals surface area contributed by atoms with Crippen molar-refractivity contribution in [3.05, 3.63) is 48.7 Å². The van der Waals surface area contributed by atoms with Gasteiger partial charge in [-0.25, -0.2) is 14.4 Å². The smallest absolute Gasteiger partial charge is 0.316 e. The van der Waals surface area contributed by atoms with Gasteiger partial charge in [0.2, 0.25) is 0 Å². The van der Waals surface area contributed by atoms with Crippen LogP contribution in [0.5, 0.6) is 6.01 Å². The van der Waals surface area contributed by atoms with E-state index in [0.717, 1.165) is 11.3 Å². The first-order valence-electron chi connectivity index (χ1n) is 7.95. The Hall–Kier alpha value is -2.80. The molecule has 0 radical (unpaired) electrons. The summed E-state index contributed by atoms with van der Waals surface area (Å²) in [5.74, 6) is -0.304. The Morgan fingerprint density at radius 1 is 1.20 bits per heavy atom. The summed E-state index contributed by atoms with van der Waals surface area (Å²) in [5, 5.41) is 9.27. The molecule has 0 saturated heterocycles. The molecule has 0 aliphatic rings. The van der Waals surface area contributed by atoms with E-state index in [4.69, 9.17) is 4.74 Å². The Morgan fingerprint density at radius 3 is 2.64 bits per heavy atom. The van der Waals surface area contributed by atoms with Gasteiger partial charge in [0.15, 0.2) is 0 Å². The molecule has 2 heterocycles. The van der Waals surface area contributed by atoms with Gasteiger partial charge >= 0.3 is 6.01 Å². The summed E-state index contributed by atoms with van der Waals surface area (Å²) in [5.41, 5.74) is 2.89. The fourth-order valence-electron chi connectivity index (χ4n) is 2.66. The van der Waals surface area contributed by atoms with Gasteiger partial charge in [0.1, 0.15) is 5.82 Å². The molecule has 0 saturated carbocycles. The average Bonchev–Trinajstić information content (AvgIpc) is 3.08. The van der Waals surface area contributed by atoms with E-state index >= 15 is 0 Å². The minimum absolute atomic E-state index is 0.0164. The molecular formula is C18H19FN4O2. The molecule has 3 rings (SSSR count). The molecule has 6 nitrogen and oxygen atoms in total. The molecule has 0 aliphatic heterocycles. The topological polar surface area (TPSA) is 73.1 Å². The van der Waals surface area contributed by atoms with Crippen molar-refractivity contribution in [2.75, 3.05) is 13.7 Å². The molecule has 0 amide bonds. The molecular weight excluding hydrogens is 323 g/mol. The zero-order valence-electron chi connectivity index (χ0n) is 14.1. The number of hydrogen-bond acceptors (Lipinski definition) is 5. The van der Waals surface area contributed by atoms with Gasteiger partial charge < -0.3 is 14.4 Å². The predicted octanol–water partition coefficient (Wildman–Crippen LogP) is 3.10. The van der Waals surface area contributed by atoms with Crippen molar-refractivity contribution in [2.24, 2.45) is 0 Å². The van der Waals surface area contributed by atoms with Crippen LogP contribution in [-0.4, -0.2) is 38.3 Å². The minimum Gasteiger partial charge on any atom is -0.467 e. The summed E-state index contributed by atoms with van der Waals surface area (Å²) in [6.45, 7) is 2.06. The summed E-state index contributed by atoms with van der Waals surface area (Å²) in [6, 6.07) is 8.20. The molecule has 0 aliphatic carbocycles. The summed E-state index contributed by atoms with van der Waals surface area (Å²) < 4.78 is 20.3. The summed E-state index contributed by atoms with van der Waals surface area (Å²) in [4.78, 5) is 13.0. The molecule has 1 aromatic carbocycles. The molecule has 2 aromatic heterocycles. The van der Waals surface area contributed by atoms with Crippen molar-refractivity contribution in [1.29, 1.82) is 0 Å². The SMILES string of the molecule is COc1nccc(-c2c(-c3ccc(F)cc3)ncn2[C@@H](C)CCO)n1. The van der Waals surface area contributed by atoms with Gasteiger partial charge in [-0.05, 0) is 43.7 Å². The van der Waals surface area contributed by atoms with Gasteiger partial charge in [-0.15, -0.1) is 0 Å². The highest BCUT2D eigenvalue weighted by molar-refractivity contribution is 5.76. The molecule has 1 N–H and O–H groups in total. The normalized spacial score (nSPS) is 12.2. The number of halogens is 1. The monoisotopic (exact) mass is 342 g/mol. The van der Waals surface area contributed by atoms with Crippen LogP contribution in [0, 0.1) is 5.82 Å². The third-order valence-corrected chi connectivity index (χ3v) is 3.99. The Balaban J connectivity index is 2.17. The van der Waals surface area contributed by atoms with Crippen molar-refractivity contribution in [2.45, 2.75) is 19.4 Å². The first kappa shape index (κ1) is 17.0. The van der Waals surface area contributed by atoms with Gasteiger partial charge in [0.25, 0.3) is 0 Å². The molecule has 3 aromatic rings. The van der Waals surface area contributed by atoms with Crippen molar-refractivity contribution in [3.8, 4) is 28.7 Å². The van der Waals surface area contributed by atoms with E-state index in [1.165, 1.54) is 19.2 Å². The maximum atomic E-state index is 13.3. The fraction of sp³-hybridized carbons (Fsp3) is 0.278. The zero-order chi connectivity index (χ0) is 17.8. The summed E-state index contributed by atoms with van der Waals surface area (Å²) >= 11 is 0. The fourth-order valence-corrected chi connectivity index (χ4v) is 2.66. The second kappa shape index (κ2) is 7.40. The van der Waals surface area contributed by atoms with Gasteiger partial charge in [-0.1, -0.05) is 0 Å². The molecule has 0 bridgehead atoms. The average molecular weight is 342 g/mol. The minimum atomic E-state index is -0.304. The summed E-state index contributed by atoms with van der Waals surface area (Å²) in [7, 11) is 1.51. The van der Waals surface area contributed by atoms with E-state index in [9.17, 15) is 9.50 Å². The van der Waals surface area contributed by atoms with Crippen molar-refractivity contribution < 1.29 is 14.2 Å². The van der Waals surface area contributed by atoms with Crippen molar-refractivity contribution in [3.63, 3.8) is 0 Å². The van der Waals surface area contributed by atoms with E-state index in [2.05, 4.69) is 15.0 Å². The van der Waals surface area contributed by atoms with Crippen LogP contribution in [0.15, 0.2) is 42.9 Å². The number of hydrogen-bond donors (Lipinski definition) is 1. The number of methoxy groups -OCH3 is 1. The lowest BCUT2D eigenvalue weighted by atomic mass is 10.1. The predicted molar refractivity (Wildman–Crippen MR) is 91.6 cm³/mol. The second-order valence-corrected chi connectivity index (χ2v) is 5.65. The number of ether oxygens (including phenoxy) is 1. The molecule has 1 atom stereocenters. The molecule has 25 heavy (non-hydrogen) atoms. The third kappa shape index (κ3) is 3.51. The summed E-state index contributed by atoms with van der Waals surface area (Å²) in [6.07, 6.45) is 3.90. The first-order chi connectivity index (χ1) is 12.1. The van der Waals surface area contributed by atoms with Crippen LogP contribution in [0.1, 0.15) is 19.4 Å². The van der Waals surface area contributed by atoms with E-state index < -0.39 is 0 Å². The Kier molecular flexibility index (Phi) is 5.04. The van der Waals surface area contributed by atoms with Gasteiger partial charge in [-0.3, -0.25) is 0 Å². The van der Waals surface area contributed by atoms with Crippen molar-refractivity contribution >= 4 is 0 Å². The second-order valence-electron chi connectivity index (χ2n) is 5.65. The standard InChI is InChI=1S/C18H19FN4O2/c1-12(8-10-24)23-11-21-16(13-3-5-14(19)6-4-13)17(23)15-7-9-20-18(22-15)25-2/h3-7,9,11-12,24H,8,10H2,1-2H3/t12-/m0/s1. The molecule has 0 fully saturated rings. The Morgan fingerprint density at radius 2 is 1.96 bits per heavy atom. The van der Waals surface area contributed by atoms with Crippen molar-refractivity contribution in [1.82, 2.24) is 19.5 Å². The van der Waals surface area contributed by atoms with Crippen LogP contribution < -0.4 is 4.74 Å². The molecule has 0 spiro atoms. The largest absolute Gasteiger partial charge is 0.467 e. The zero-order valence-corrected chi connectivity index (χ0v) is 14.1. The maximum absolute atomic E-state index is 13.3. The lowest BCUT2D eigenvalue weighted by Gasteiger charge is -2.16. The highest BCUT2D eigenvalue weighted by atomic mass is 19.1. The number of imidazole rings is 1. The van der Waals surface area contributed by atoms with Gasteiger partial charge in [0.05, 0.1) is 30.5 Å². The number of aliphatic hydroxyl groups excluding tert-OH is 1. The highest BCUT2D eigenvalue weighted by Crippen LogP contribution is 2.33. The van der Waals surface area contributed by atoms with Crippen LogP contribution in [-0.2, 0) is 0 Å². The van der Waals surface area contributed by atoms with Crippen LogP contribution >= 0.6 is 0 Å². The quantitative estimate of drug-likeness (QED) is 0.745. The van der Waals surface area contributed by atoms with E-state index in [-0.39, 0.29) is 24.5 Å². The number of nitrogens with zero attached hydrogens (tertiary/aromatic N) is 4. The number of aliphatic hydroxyl groups is 1. The number of benzene rings is 1. The number of aromatic nitrogens is 4. The lowest BCUT2D eigenvalue weighted by Crippen LogP contribution is -2.08. The first-order valence-corrected chi connectivity index (χ1v) is 7.95. The maximum Gasteiger partial charge on any atom is 0.316 e. The van der Waals surface area contributed by atoms with E-state index in [1.807, 2.05) is 11.5 Å². The van der Waals surface area contributed by atoms with Gasteiger partial charge in [0, 0.05) is 24.4 Å². The van der Waals surface area contributed by atoms with Crippen LogP contribution in [0.25, 0.3) is 22.6 Å². The third-order valence-electron chi connectivity index (χ3n) is 3.99. The van der Waals surface area contributed by atoms with Crippen LogP contribution in [0.4, 0.5) is 4.39 Å². The van der Waals surface area contributed by atoms with Gasteiger partial charge in [-0.2, -0.15) is 4.98 Å².